The van der Waals surface area contributed by atoms with Crippen molar-refractivity contribution in [3.05, 3.63) is 81.6 Å². The summed E-state index contributed by atoms with van der Waals surface area (Å²) in [7, 11) is 1.50. The highest BCUT2D eigenvalue weighted by Gasteiger charge is 2.48. The topological polar surface area (TPSA) is 96.8 Å². The van der Waals surface area contributed by atoms with E-state index in [0.29, 0.717) is 27.4 Å². The highest BCUT2D eigenvalue weighted by molar-refractivity contribution is 7.18. The first-order valence-corrected chi connectivity index (χ1v) is 10.7. The molecule has 33 heavy (non-hydrogen) atoms. The van der Waals surface area contributed by atoms with Gasteiger partial charge in [0.2, 0.25) is 0 Å². The Kier molecular flexibility index (Phi) is 5.82. The molecule has 2 heterocycles. The van der Waals surface area contributed by atoms with Crippen LogP contribution >= 0.6 is 11.3 Å². The van der Waals surface area contributed by atoms with Crippen LogP contribution in [0.1, 0.15) is 39.5 Å². The molecule has 168 valence electrons. The zero-order valence-corrected chi connectivity index (χ0v) is 18.8. The van der Waals surface area contributed by atoms with Crippen molar-refractivity contribution in [3.63, 3.8) is 0 Å². The van der Waals surface area contributed by atoms with Gasteiger partial charge < -0.3 is 9.84 Å². The SMILES string of the molecule is COc1ccc(/C(O)=C2/C(=O)C(=O)N(c3nc(C)c(C(C)=O)s3)C2c2ccc(F)cc2)cc1. The first kappa shape index (κ1) is 22.3. The Morgan fingerprint density at radius 3 is 2.30 bits per heavy atom. The Morgan fingerprint density at radius 2 is 1.76 bits per heavy atom. The smallest absolute Gasteiger partial charge is 0.301 e. The molecule has 1 atom stereocenters. The lowest BCUT2D eigenvalue weighted by atomic mass is 9.95. The zero-order valence-electron chi connectivity index (χ0n) is 18.0. The third-order valence-corrected chi connectivity index (χ3v) is 6.56. The van der Waals surface area contributed by atoms with Gasteiger partial charge in [-0.1, -0.05) is 23.5 Å². The molecule has 1 amide bonds. The van der Waals surface area contributed by atoms with Gasteiger partial charge in [-0.3, -0.25) is 19.3 Å². The summed E-state index contributed by atoms with van der Waals surface area (Å²) in [5.41, 5.74) is 0.981. The number of anilines is 1. The molecule has 0 radical (unpaired) electrons. The molecule has 1 N–H and O–H groups in total. The number of carbonyl (C=O) groups excluding carboxylic acids is 3. The van der Waals surface area contributed by atoms with Crippen LogP contribution in [0.5, 0.6) is 5.75 Å². The van der Waals surface area contributed by atoms with E-state index in [9.17, 15) is 23.9 Å². The number of benzene rings is 2. The number of amides is 1. The molecule has 1 aromatic heterocycles. The number of aliphatic hydroxyl groups excluding tert-OH is 1. The third-order valence-electron chi connectivity index (χ3n) is 5.30. The van der Waals surface area contributed by atoms with E-state index in [1.165, 1.54) is 38.3 Å². The van der Waals surface area contributed by atoms with Gasteiger partial charge in [0.1, 0.15) is 17.3 Å². The van der Waals surface area contributed by atoms with Crippen LogP contribution in [-0.4, -0.2) is 34.7 Å². The number of halogens is 1. The summed E-state index contributed by atoms with van der Waals surface area (Å²) >= 11 is 0.984. The molecule has 1 aliphatic heterocycles. The predicted molar refractivity (Wildman–Crippen MR) is 121 cm³/mol. The number of hydrogen-bond acceptors (Lipinski definition) is 7. The van der Waals surface area contributed by atoms with Crippen molar-refractivity contribution in [3.8, 4) is 5.75 Å². The van der Waals surface area contributed by atoms with Crippen molar-refractivity contribution in [2.75, 3.05) is 12.0 Å². The number of ether oxygens (including phenoxy) is 1. The quantitative estimate of drug-likeness (QED) is 0.259. The van der Waals surface area contributed by atoms with Gasteiger partial charge >= 0.3 is 5.91 Å². The number of hydrogen-bond donors (Lipinski definition) is 1. The Labute approximate surface area is 192 Å². The van der Waals surface area contributed by atoms with Crippen LogP contribution in [0.2, 0.25) is 0 Å². The molecule has 9 heteroatoms. The summed E-state index contributed by atoms with van der Waals surface area (Å²) in [6, 6.07) is 10.6. The Balaban J connectivity index is 1.92. The monoisotopic (exact) mass is 466 g/mol. The van der Waals surface area contributed by atoms with Crippen molar-refractivity contribution < 1.29 is 28.6 Å². The fourth-order valence-electron chi connectivity index (χ4n) is 3.71. The van der Waals surface area contributed by atoms with Crippen LogP contribution in [0.4, 0.5) is 9.52 Å². The van der Waals surface area contributed by atoms with E-state index in [2.05, 4.69) is 4.98 Å². The van der Waals surface area contributed by atoms with Crippen LogP contribution < -0.4 is 9.64 Å². The van der Waals surface area contributed by atoms with Crippen molar-refractivity contribution in [1.82, 2.24) is 4.98 Å². The average Bonchev–Trinajstić information content (AvgIpc) is 3.31. The number of ketones is 2. The number of thiazole rings is 1. The van der Waals surface area contributed by atoms with E-state index in [0.717, 1.165) is 16.2 Å². The second kappa shape index (κ2) is 8.59. The van der Waals surface area contributed by atoms with Gasteiger partial charge in [-0.05, 0) is 48.9 Å². The zero-order chi connectivity index (χ0) is 23.9. The Morgan fingerprint density at radius 1 is 1.12 bits per heavy atom. The van der Waals surface area contributed by atoms with E-state index in [1.807, 2.05) is 0 Å². The van der Waals surface area contributed by atoms with E-state index >= 15 is 0 Å². The highest BCUT2D eigenvalue weighted by Crippen LogP contribution is 2.44. The van der Waals surface area contributed by atoms with Gasteiger partial charge in [0.05, 0.1) is 29.3 Å². The summed E-state index contributed by atoms with van der Waals surface area (Å²) in [5, 5.41) is 11.2. The molecule has 2 aromatic carbocycles. The maximum absolute atomic E-state index is 13.6. The third kappa shape index (κ3) is 3.91. The number of aliphatic hydroxyl groups is 1. The van der Waals surface area contributed by atoms with E-state index in [-0.39, 0.29) is 22.2 Å². The van der Waals surface area contributed by atoms with Crippen molar-refractivity contribution >= 4 is 39.7 Å². The standard InChI is InChI=1S/C24H19FN2O5S/c1-12-22(13(2)28)33-24(26-12)27-19(14-4-8-16(25)9-5-14)18(21(30)23(27)31)20(29)15-6-10-17(32-3)11-7-15/h4-11,19,29H,1-3H3/b20-18-. The molecule has 0 bridgehead atoms. The predicted octanol–water partition coefficient (Wildman–Crippen LogP) is 4.43. The molecule has 3 aromatic rings. The Hall–Kier alpha value is -3.85. The number of nitrogens with zero attached hydrogens (tertiary/aromatic N) is 2. The molecular formula is C24H19FN2O5S. The van der Waals surface area contributed by atoms with Gasteiger partial charge in [-0.2, -0.15) is 0 Å². The lowest BCUT2D eigenvalue weighted by Crippen LogP contribution is -2.29. The normalized spacial score (nSPS) is 17.5. The van der Waals surface area contributed by atoms with Gasteiger partial charge in [0, 0.05) is 12.5 Å². The molecular weight excluding hydrogens is 447 g/mol. The van der Waals surface area contributed by atoms with E-state index < -0.39 is 23.5 Å². The van der Waals surface area contributed by atoms with E-state index in [4.69, 9.17) is 4.74 Å². The fourth-order valence-corrected chi connectivity index (χ4v) is 4.70. The molecule has 1 saturated heterocycles. The second-order valence-electron chi connectivity index (χ2n) is 7.42. The summed E-state index contributed by atoms with van der Waals surface area (Å²) in [6.07, 6.45) is 0. The molecule has 1 fully saturated rings. The maximum atomic E-state index is 13.6. The van der Waals surface area contributed by atoms with Gasteiger partial charge in [-0.15, -0.1) is 0 Å². The number of aryl methyl sites for hydroxylation is 1. The molecule has 1 unspecified atom stereocenters. The average molecular weight is 466 g/mol. The van der Waals surface area contributed by atoms with Crippen molar-refractivity contribution in [1.29, 1.82) is 0 Å². The first-order valence-electron chi connectivity index (χ1n) is 9.92. The summed E-state index contributed by atoms with van der Waals surface area (Å²) < 4.78 is 18.7. The molecule has 7 nitrogen and oxygen atoms in total. The van der Waals surface area contributed by atoms with Crippen molar-refractivity contribution in [2.24, 2.45) is 0 Å². The van der Waals surface area contributed by atoms with Crippen LogP contribution in [0.25, 0.3) is 5.76 Å². The van der Waals surface area contributed by atoms with Gasteiger partial charge in [-0.25, -0.2) is 9.37 Å². The number of methoxy groups -OCH3 is 1. The summed E-state index contributed by atoms with van der Waals surface area (Å²) in [6.45, 7) is 3.02. The largest absolute Gasteiger partial charge is 0.507 e. The van der Waals surface area contributed by atoms with Crippen LogP contribution in [0, 0.1) is 12.7 Å². The molecule has 0 spiro atoms. The minimum atomic E-state index is -1.06. The van der Waals surface area contributed by atoms with Gasteiger partial charge in [0.25, 0.3) is 5.78 Å². The van der Waals surface area contributed by atoms with Crippen molar-refractivity contribution in [2.45, 2.75) is 19.9 Å². The molecule has 0 aliphatic carbocycles. The molecule has 4 rings (SSSR count). The first-order chi connectivity index (χ1) is 15.7. The highest BCUT2D eigenvalue weighted by atomic mass is 32.1. The minimum Gasteiger partial charge on any atom is -0.507 e. The maximum Gasteiger partial charge on any atom is 0.301 e. The lowest BCUT2D eigenvalue weighted by Gasteiger charge is -2.23. The van der Waals surface area contributed by atoms with Crippen LogP contribution in [0.3, 0.4) is 0 Å². The van der Waals surface area contributed by atoms with E-state index in [1.54, 1.807) is 31.2 Å². The molecule has 1 aliphatic rings. The molecule has 0 saturated carbocycles. The fraction of sp³-hybridized carbons (Fsp3) is 0.167. The number of aromatic nitrogens is 1. The van der Waals surface area contributed by atoms with Gasteiger partial charge in [0.15, 0.2) is 10.9 Å². The van der Waals surface area contributed by atoms with Crippen LogP contribution in [0.15, 0.2) is 54.1 Å². The van der Waals surface area contributed by atoms with Crippen LogP contribution in [-0.2, 0) is 9.59 Å². The summed E-state index contributed by atoms with van der Waals surface area (Å²) in [5.74, 6) is -2.35. The second-order valence-corrected chi connectivity index (χ2v) is 8.39. The number of carbonyl (C=O) groups is 3. The minimum absolute atomic E-state index is 0.142. The Bertz CT molecular complexity index is 1300. The number of Topliss-reactive ketones (excluding diaryl/α,β-unsaturated/α-hetero) is 2. The lowest BCUT2D eigenvalue weighted by molar-refractivity contribution is -0.132. The summed E-state index contributed by atoms with van der Waals surface area (Å²) in [4.78, 5) is 44.0. The number of rotatable bonds is 5.